The van der Waals surface area contributed by atoms with Gasteiger partial charge < -0.3 is 10.1 Å². The highest BCUT2D eigenvalue weighted by atomic mass is 127. The molecule has 19 heavy (non-hydrogen) atoms. The van der Waals surface area contributed by atoms with Crippen molar-refractivity contribution in [2.24, 2.45) is 0 Å². The SMILES string of the molecule is CCCNc1ccc(COc2ccccc2I)cn1. The normalized spacial score (nSPS) is 10.2. The lowest BCUT2D eigenvalue weighted by atomic mass is 10.3. The summed E-state index contributed by atoms with van der Waals surface area (Å²) in [6.45, 7) is 3.63. The van der Waals surface area contributed by atoms with Crippen molar-refractivity contribution < 1.29 is 4.74 Å². The lowest BCUT2D eigenvalue weighted by Crippen LogP contribution is -2.03. The van der Waals surface area contributed by atoms with Crippen LogP contribution >= 0.6 is 22.6 Å². The molecule has 1 N–H and O–H groups in total. The number of anilines is 1. The van der Waals surface area contributed by atoms with E-state index in [1.807, 2.05) is 42.6 Å². The predicted molar refractivity (Wildman–Crippen MR) is 86.5 cm³/mol. The molecular weight excluding hydrogens is 351 g/mol. The van der Waals surface area contributed by atoms with Crippen LogP contribution in [0.1, 0.15) is 18.9 Å². The van der Waals surface area contributed by atoms with Crippen molar-refractivity contribution in [1.29, 1.82) is 0 Å². The number of aromatic nitrogens is 1. The predicted octanol–water partition coefficient (Wildman–Crippen LogP) is 4.09. The summed E-state index contributed by atoms with van der Waals surface area (Å²) in [5.41, 5.74) is 1.07. The molecule has 0 bridgehead atoms. The van der Waals surface area contributed by atoms with Gasteiger partial charge in [0, 0.05) is 18.3 Å². The number of benzene rings is 1. The van der Waals surface area contributed by atoms with Gasteiger partial charge in [0.15, 0.2) is 0 Å². The van der Waals surface area contributed by atoms with E-state index in [1.54, 1.807) is 0 Å². The molecule has 3 nitrogen and oxygen atoms in total. The maximum absolute atomic E-state index is 5.78. The minimum Gasteiger partial charge on any atom is -0.488 e. The average molecular weight is 368 g/mol. The Morgan fingerprint density at radius 3 is 2.74 bits per heavy atom. The molecular formula is C15H17IN2O. The molecule has 1 aromatic carbocycles. The number of rotatable bonds is 6. The number of pyridine rings is 1. The molecule has 2 rings (SSSR count). The Bertz CT molecular complexity index is 514. The van der Waals surface area contributed by atoms with E-state index in [4.69, 9.17) is 4.74 Å². The molecule has 0 aliphatic rings. The van der Waals surface area contributed by atoms with E-state index >= 15 is 0 Å². The molecule has 0 fully saturated rings. The summed E-state index contributed by atoms with van der Waals surface area (Å²) in [6.07, 6.45) is 2.95. The second-order valence-corrected chi connectivity index (χ2v) is 5.36. The smallest absolute Gasteiger partial charge is 0.133 e. The first-order valence-electron chi connectivity index (χ1n) is 6.35. The van der Waals surface area contributed by atoms with Gasteiger partial charge in [-0.2, -0.15) is 0 Å². The van der Waals surface area contributed by atoms with Gasteiger partial charge in [0.2, 0.25) is 0 Å². The zero-order valence-electron chi connectivity index (χ0n) is 10.9. The number of hydrogen-bond donors (Lipinski definition) is 1. The fourth-order valence-corrected chi connectivity index (χ4v) is 2.13. The second kappa shape index (κ2) is 7.33. The lowest BCUT2D eigenvalue weighted by Gasteiger charge is -2.08. The quantitative estimate of drug-likeness (QED) is 0.780. The van der Waals surface area contributed by atoms with Crippen LogP contribution in [-0.2, 0) is 6.61 Å². The molecule has 0 amide bonds. The Morgan fingerprint density at radius 2 is 2.05 bits per heavy atom. The largest absolute Gasteiger partial charge is 0.488 e. The molecule has 0 aliphatic carbocycles. The molecule has 0 radical (unpaired) electrons. The highest BCUT2D eigenvalue weighted by molar-refractivity contribution is 14.1. The van der Waals surface area contributed by atoms with Crippen LogP contribution in [0.25, 0.3) is 0 Å². The Morgan fingerprint density at radius 1 is 1.21 bits per heavy atom. The second-order valence-electron chi connectivity index (χ2n) is 4.20. The molecule has 4 heteroatoms. The van der Waals surface area contributed by atoms with Crippen LogP contribution in [0.15, 0.2) is 42.6 Å². The van der Waals surface area contributed by atoms with Gasteiger partial charge >= 0.3 is 0 Å². The molecule has 0 saturated carbocycles. The summed E-state index contributed by atoms with van der Waals surface area (Å²) in [7, 11) is 0. The summed E-state index contributed by atoms with van der Waals surface area (Å²) in [4.78, 5) is 4.36. The van der Waals surface area contributed by atoms with Crippen molar-refractivity contribution in [1.82, 2.24) is 4.98 Å². The summed E-state index contributed by atoms with van der Waals surface area (Å²) >= 11 is 2.27. The molecule has 0 unspecified atom stereocenters. The minimum atomic E-state index is 0.543. The van der Waals surface area contributed by atoms with Crippen LogP contribution < -0.4 is 10.1 Å². The minimum absolute atomic E-state index is 0.543. The highest BCUT2D eigenvalue weighted by Crippen LogP contribution is 2.20. The molecule has 0 atom stereocenters. The Kier molecular flexibility index (Phi) is 5.44. The molecule has 0 spiro atoms. The fraction of sp³-hybridized carbons (Fsp3) is 0.267. The van der Waals surface area contributed by atoms with E-state index in [1.165, 1.54) is 0 Å². The average Bonchev–Trinajstić information content (AvgIpc) is 2.45. The van der Waals surface area contributed by atoms with Crippen LogP contribution in [0.5, 0.6) is 5.75 Å². The van der Waals surface area contributed by atoms with E-state index in [2.05, 4.69) is 39.8 Å². The third kappa shape index (κ3) is 4.38. The third-order valence-electron chi connectivity index (χ3n) is 2.61. The van der Waals surface area contributed by atoms with Gasteiger partial charge in [0.25, 0.3) is 0 Å². The Balaban J connectivity index is 1.91. The summed E-state index contributed by atoms with van der Waals surface area (Å²) in [5.74, 6) is 1.83. The van der Waals surface area contributed by atoms with Gasteiger partial charge in [0.05, 0.1) is 3.57 Å². The zero-order chi connectivity index (χ0) is 13.5. The van der Waals surface area contributed by atoms with Crippen LogP contribution in [0.3, 0.4) is 0 Å². The molecule has 1 aromatic heterocycles. The number of halogens is 1. The van der Waals surface area contributed by atoms with E-state index in [0.717, 1.165) is 33.7 Å². The van der Waals surface area contributed by atoms with Crippen LogP contribution in [0.2, 0.25) is 0 Å². The van der Waals surface area contributed by atoms with E-state index in [9.17, 15) is 0 Å². The van der Waals surface area contributed by atoms with Crippen molar-refractivity contribution in [3.05, 3.63) is 51.7 Å². The summed E-state index contributed by atoms with van der Waals surface area (Å²) in [6, 6.07) is 12.0. The number of ether oxygens (including phenoxy) is 1. The number of para-hydroxylation sites is 1. The van der Waals surface area contributed by atoms with Gasteiger partial charge in [-0.05, 0) is 47.2 Å². The van der Waals surface area contributed by atoms with Crippen molar-refractivity contribution >= 4 is 28.4 Å². The van der Waals surface area contributed by atoms with E-state index in [-0.39, 0.29) is 0 Å². The summed E-state index contributed by atoms with van der Waals surface area (Å²) in [5, 5.41) is 3.25. The monoisotopic (exact) mass is 368 g/mol. The van der Waals surface area contributed by atoms with Crippen molar-refractivity contribution in [2.75, 3.05) is 11.9 Å². The van der Waals surface area contributed by atoms with Crippen LogP contribution in [0, 0.1) is 3.57 Å². The highest BCUT2D eigenvalue weighted by Gasteiger charge is 2.00. The molecule has 0 saturated heterocycles. The topological polar surface area (TPSA) is 34.1 Å². The Hall–Kier alpha value is -1.30. The van der Waals surface area contributed by atoms with Crippen LogP contribution in [0.4, 0.5) is 5.82 Å². The fourth-order valence-electron chi connectivity index (χ4n) is 1.59. The molecule has 0 aliphatic heterocycles. The number of hydrogen-bond acceptors (Lipinski definition) is 3. The Labute approximate surface area is 127 Å². The standard InChI is InChI=1S/C15H17IN2O/c1-2-9-17-15-8-7-12(10-18-15)11-19-14-6-4-3-5-13(14)16/h3-8,10H,2,9,11H2,1H3,(H,17,18). The molecule has 2 aromatic rings. The molecule has 1 heterocycles. The van der Waals surface area contributed by atoms with Gasteiger partial charge in [-0.1, -0.05) is 25.1 Å². The van der Waals surface area contributed by atoms with Crippen molar-refractivity contribution in [3.63, 3.8) is 0 Å². The number of nitrogens with zero attached hydrogens (tertiary/aromatic N) is 1. The number of nitrogens with one attached hydrogen (secondary N) is 1. The van der Waals surface area contributed by atoms with Crippen molar-refractivity contribution in [3.8, 4) is 5.75 Å². The van der Waals surface area contributed by atoms with Gasteiger partial charge in [-0.25, -0.2) is 4.98 Å². The van der Waals surface area contributed by atoms with Crippen LogP contribution in [-0.4, -0.2) is 11.5 Å². The molecule has 100 valence electrons. The first-order valence-corrected chi connectivity index (χ1v) is 7.43. The van der Waals surface area contributed by atoms with Crippen molar-refractivity contribution in [2.45, 2.75) is 20.0 Å². The first kappa shape index (κ1) is 14.1. The van der Waals surface area contributed by atoms with Gasteiger partial charge in [0.1, 0.15) is 18.2 Å². The van der Waals surface area contributed by atoms with E-state index < -0.39 is 0 Å². The van der Waals surface area contributed by atoms with Gasteiger partial charge in [-0.15, -0.1) is 0 Å². The lowest BCUT2D eigenvalue weighted by molar-refractivity contribution is 0.303. The first-order chi connectivity index (χ1) is 9.29. The summed E-state index contributed by atoms with van der Waals surface area (Å²) < 4.78 is 6.90. The maximum Gasteiger partial charge on any atom is 0.133 e. The maximum atomic E-state index is 5.78. The third-order valence-corrected chi connectivity index (χ3v) is 3.50. The zero-order valence-corrected chi connectivity index (χ0v) is 13.1. The van der Waals surface area contributed by atoms with Gasteiger partial charge in [-0.3, -0.25) is 0 Å². The van der Waals surface area contributed by atoms with E-state index in [0.29, 0.717) is 6.61 Å².